The van der Waals surface area contributed by atoms with Crippen molar-refractivity contribution in [3.63, 3.8) is 0 Å². The second-order valence-electron chi connectivity index (χ2n) is 7.93. The highest BCUT2D eigenvalue weighted by Crippen LogP contribution is 2.52. The van der Waals surface area contributed by atoms with Crippen molar-refractivity contribution < 1.29 is 32.9 Å². The lowest BCUT2D eigenvalue weighted by atomic mass is 10.0. The van der Waals surface area contributed by atoms with Gasteiger partial charge in [0.15, 0.2) is 0 Å². The molecule has 186 valence electrons. The topological polar surface area (TPSA) is 158 Å². The van der Waals surface area contributed by atoms with Crippen molar-refractivity contribution in [1.29, 1.82) is 0 Å². The van der Waals surface area contributed by atoms with Crippen molar-refractivity contribution in [2.24, 2.45) is 10.2 Å². The van der Waals surface area contributed by atoms with Gasteiger partial charge >= 0.3 is 17.5 Å². The van der Waals surface area contributed by atoms with Crippen molar-refractivity contribution in [2.45, 2.75) is 36.7 Å². The van der Waals surface area contributed by atoms with Crippen molar-refractivity contribution in [3.05, 3.63) is 74.1 Å². The summed E-state index contributed by atoms with van der Waals surface area (Å²) in [5.74, 6) is -0.561. The Morgan fingerprint density at radius 3 is 2.54 bits per heavy atom. The molecule has 1 amide bonds. The zero-order valence-corrected chi connectivity index (χ0v) is 17.9. The summed E-state index contributed by atoms with van der Waals surface area (Å²) in [5, 5.41) is 27.8. The normalized spacial score (nSPS) is 23.1. The van der Waals surface area contributed by atoms with Crippen LogP contribution in [0.4, 0.5) is 13.2 Å². The van der Waals surface area contributed by atoms with E-state index in [4.69, 9.17) is 4.74 Å². The molecule has 0 aliphatic carbocycles. The van der Waals surface area contributed by atoms with E-state index in [2.05, 4.69) is 20.5 Å². The van der Waals surface area contributed by atoms with Crippen LogP contribution in [-0.4, -0.2) is 57.2 Å². The number of nitrogens with zero attached hydrogens (tertiary/aromatic N) is 3. The molecule has 4 rings (SSSR count). The van der Waals surface area contributed by atoms with Crippen LogP contribution in [0.3, 0.4) is 0 Å². The Balaban J connectivity index is 1.38. The number of aliphatic hydroxyl groups excluding tert-OH is 2. The number of aliphatic hydroxyl groups is 2. The molecule has 0 unspecified atom stereocenters. The summed E-state index contributed by atoms with van der Waals surface area (Å²) in [4.78, 5) is 38.6. The summed E-state index contributed by atoms with van der Waals surface area (Å²) >= 11 is 0. The van der Waals surface area contributed by atoms with Crippen LogP contribution in [0.5, 0.6) is 0 Å². The number of aromatic amines is 1. The highest BCUT2D eigenvalue weighted by Gasteiger charge is 2.65. The summed E-state index contributed by atoms with van der Waals surface area (Å²) < 4.78 is 45.7. The summed E-state index contributed by atoms with van der Waals surface area (Å²) in [6, 6.07) is 4.71. The highest BCUT2D eigenvalue weighted by molar-refractivity contribution is 5.94. The van der Waals surface area contributed by atoms with E-state index in [9.17, 15) is 37.8 Å². The molecular weight excluding hydrogens is 475 g/mol. The van der Waals surface area contributed by atoms with Gasteiger partial charge in [0.05, 0.1) is 18.3 Å². The predicted octanol–water partition coefficient (Wildman–Crippen LogP) is 0.801. The highest BCUT2D eigenvalue weighted by atomic mass is 19.4. The second-order valence-corrected chi connectivity index (χ2v) is 7.93. The average Bonchev–Trinajstić information content (AvgIpc) is 3.55. The van der Waals surface area contributed by atoms with Crippen molar-refractivity contribution >= 4 is 12.0 Å². The first-order valence-electron chi connectivity index (χ1n) is 10.4. The average molecular weight is 495 g/mol. The summed E-state index contributed by atoms with van der Waals surface area (Å²) in [6.45, 7) is -0.458. The minimum absolute atomic E-state index is 0.0263. The first-order chi connectivity index (χ1) is 16.6. The Labute approximate surface area is 194 Å². The SMILES string of the molecule is O=C(NC/C=C/c1cn([C@H]2C[C@H](O)[C@@H](CO)O2)c(=O)[nH]c1=O)c1ccc(C2(C(F)(F)F)N=N2)cc1. The standard InChI is InChI=1S/C21H20F3N5O6/c22-21(23,24)20(27-28-20)13-5-3-11(4-6-13)17(32)25-7-1-2-12-9-29(19(34)26-18(12)33)16-8-14(31)15(10-30)35-16/h1-6,9,14-16,30-31H,7-8,10H2,(H,25,32)(H,26,33,34)/b2-1+/t14-,15+,16+/m0/s1. The van der Waals surface area contributed by atoms with E-state index in [1.165, 1.54) is 30.5 Å². The quantitative estimate of drug-likeness (QED) is 0.445. The van der Waals surface area contributed by atoms with Gasteiger partial charge in [-0.15, -0.1) is 10.2 Å². The van der Waals surface area contributed by atoms with Gasteiger partial charge in [-0.2, -0.15) is 13.2 Å². The maximum absolute atomic E-state index is 13.1. The van der Waals surface area contributed by atoms with Gasteiger partial charge in [-0.1, -0.05) is 24.3 Å². The van der Waals surface area contributed by atoms with E-state index >= 15 is 0 Å². The van der Waals surface area contributed by atoms with Crippen molar-refractivity contribution in [2.75, 3.05) is 13.2 Å². The zero-order valence-electron chi connectivity index (χ0n) is 17.9. The molecule has 1 saturated heterocycles. The molecule has 2 aromatic rings. The number of benzene rings is 1. The smallest absolute Gasteiger partial charge is 0.394 e. The molecular formula is C21H20F3N5O6. The van der Waals surface area contributed by atoms with Crippen LogP contribution in [0.15, 0.2) is 56.4 Å². The van der Waals surface area contributed by atoms with Gasteiger partial charge in [0.1, 0.15) is 12.3 Å². The molecule has 3 heterocycles. The van der Waals surface area contributed by atoms with Crippen LogP contribution < -0.4 is 16.6 Å². The summed E-state index contributed by atoms with van der Waals surface area (Å²) in [6.07, 6.45) is -3.29. The number of halogens is 3. The van der Waals surface area contributed by atoms with Gasteiger partial charge in [0.2, 0.25) is 0 Å². The number of hydrogen-bond donors (Lipinski definition) is 4. The van der Waals surface area contributed by atoms with Crippen LogP contribution in [0, 0.1) is 0 Å². The number of aromatic nitrogens is 2. The van der Waals surface area contributed by atoms with E-state index in [1.807, 2.05) is 0 Å². The van der Waals surface area contributed by atoms with Gasteiger partial charge in [0.25, 0.3) is 11.5 Å². The number of carbonyl (C=O) groups excluding carboxylic acids is 1. The Bertz CT molecular complexity index is 1280. The number of amides is 1. The molecule has 14 heteroatoms. The van der Waals surface area contributed by atoms with Crippen molar-refractivity contribution in [3.8, 4) is 0 Å². The maximum atomic E-state index is 13.1. The third-order valence-electron chi connectivity index (χ3n) is 5.61. The van der Waals surface area contributed by atoms with Gasteiger partial charge in [-0.3, -0.25) is 19.1 Å². The van der Waals surface area contributed by atoms with Crippen LogP contribution in [0.2, 0.25) is 0 Å². The molecule has 1 aromatic carbocycles. The molecule has 0 radical (unpaired) electrons. The molecule has 4 N–H and O–H groups in total. The summed E-state index contributed by atoms with van der Waals surface area (Å²) in [7, 11) is 0. The predicted molar refractivity (Wildman–Crippen MR) is 113 cm³/mol. The first kappa shape index (κ1) is 24.5. The van der Waals surface area contributed by atoms with E-state index in [0.29, 0.717) is 0 Å². The largest absolute Gasteiger partial charge is 0.442 e. The number of rotatable bonds is 7. The lowest BCUT2D eigenvalue weighted by molar-refractivity contribution is -0.166. The van der Waals surface area contributed by atoms with E-state index < -0.39 is 54.0 Å². The van der Waals surface area contributed by atoms with Gasteiger partial charge < -0.3 is 20.3 Å². The summed E-state index contributed by atoms with van der Waals surface area (Å²) in [5.41, 5.74) is -4.01. The Hall–Kier alpha value is -3.62. The minimum Gasteiger partial charge on any atom is -0.394 e. The fourth-order valence-corrected chi connectivity index (χ4v) is 3.62. The molecule has 0 bridgehead atoms. The fraction of sp³-hybridized carbons (Fsp3) is 0.381. The molecule has 1 fully saturated rings. The number of carbonyl (C=O) groups is 1. The molecule has 11 nitrogen and oxygen atoms in total. The molecule has 35 heavy (non-hydrogen) atoms. The van der Waals surface area contributed by atoms with Gasteiger partial charge in [0, 0.05) is 30.3 Å². The molecule has 2 aliphatic rings. The molecule has 1 aromatic heterocycles. The Morgan fingerprint density at radius 1 is 1.29 bits per heavy atom. The van der Waals surface area contributed by atoms with Gasteiger partial charge in [-0.05, 0) is 12.1 Å². The number of hydrogen-bond acceptors (Lipinski definition) is 8. The molecule has 2 aliphatic heterocycles. The Kier molecular flexibility index (Phi) is 6.44. The van der Waals surface area contributed by atoms with E-state index in [1.54, 1.807) is 0 Å². The first-order valence-corrected chi connectivity index (χ1v) is 10.4. The van der Waals surface area contributed by atoms with E-state index in [-0.39, 0.29) is 29.7 Å². The number of nitrogens with one attached hydrogen (secondary N) is 2. The third-order valence-corrected chi connectivity index (χ3v) is 5.61. The fourth-order valence-electron chi connectivity index (χ4n) is 3.62. The zero-order chi connectivity index (χ0) is 25.4. The maximum Gasteiger partial charge on any atom is 0.442 e. The van der Waals surface area contributed by atoms with Crippen LogP contribution in [0.25, 0.3) is 6.08 Å². The molecule has 0 saturated carbocycles. The number of ether oxygens (including phenoxy) is 1. The Morgan fingerprint density at radius 2 is 1.97 bits per heavy atom. The monoisotopic (exact) mass is 495 g/mol. The van der Waals surface area contributed by atoms with E-state index in [0.717, 1.165) is 16.7 Å². The van der Waals surface area contributed by atoms with Crippen LogP contribution >= 0.6 is 0 Å². The number of alkyl halides is 3. The van der Waals surface area contributed by atoms with Crippen LogP contribution in [-0.2, 0) is 10.4 Å². The molecule has 0 spiro atoms. The molecule has 3 atom stereocenters. The van der Waals surface area contributed by atoms with Crippen LogP contribution in [0.1, 0.15) is 34.1 Å². The lowest BCUT2D eigenvalue weighted by Gasteiger charge is -2.15. The number of H-pyrrole nitrogens is 1. The van der Waals surface area contributed by atoms with Crippen molar-refractivity contribution in [1.82, 2.24) is 14.9 Å². The minimum atomic E-state index is -4.66. The second kappa shape index (κ2) is 9.20. The lowest BCUT2D eigenvalue weighted by Crippen LogP contribution is -2.33. The van der Waals surface area contributed by atoms with Gasteiger partial charge in [-0.25, -0.2) is 4.79 Å². The third kappa shape index (κ3) is 4.80.